The maximum absolute atomic E-state index is 12.4. The van der Waals surface area contributed by atoms with Crippen LogP contribution in [0.2, 0.25) is 0 Å². The first-order valence-electron chi connectivity index (χ1n) is 13.5. The molecule has 0 aliphatic rings. The van der Waals surface area contributed by atoms with Gasteiger partial charge in [-0.05, 0) is 51.8 Å². The van der Waals surface area contributed by atoms with Gasteiger partial charge in [0, 0.05) is 18.4 Å². The number of nitrogens with zero attached hydrogens (tertiary/aromatic N) is 3. The minimum Gasteiger partial charge on any atom is -0.503 e. The van der Waals surface area contributed by atoms with Crippen molar-refractivity contribution in [2.75, 3.05) is 14.2 Å². The van der Waals surface area contributed by atoms with Crippen LogP contribution in [-0.2, 0) is 30.2 Å². The first kappa shape index (κ1) is 31.6. The topological polar surface area (TPSA) is 130 Å². The van der Waals surface area contributed by atoms with Gasteiger partial charge in [-0.1, -0.05) is 36.8 Å². The molecule has 0 fully saturated rings. The summed E-state index contributed by atoms with van der Waals surface area (Å²) in [6, 6.07) is 17.3. The summed E-state index contributed by atoms with van der Waals surface area (Å²) in [4.78, 5) is 33.6. The van der Waals surface area contributed by atoms with Crippen LogP contribution in [0.5, 0.6) is 23.3 Å². The Hall–Kier alpha value is -4.91. The Bertz CT molecular complexity index is 1450. The number of hydrogen-bond acceptors (Lipinski definition) is 10. The lowest BCUT2D eigenvalue weighted by Crippen LogP contribution is -2.23. The molecule has 0 N–H and O–H groups in total. The molecule has 1 heterocycles. The second-order valence-corrected chi connectivity index (χ2v) is 10.2. The molecule has 0 unspecified atom stereocenters. The van der Waals surface area contributed by atoms with Crippen LogP contribution in [0.15, 0.2) is 60.9 Å². The van der Waals surface area contributed by atoms with Crippen molar-refractivity contribution in [1.82, 2.24) is 9.97 Å². The number of benzene rings is 2. The Morgan fingerprint density at radius 3 is 2.19 bits per heavy atom. The summed E-state index contributed by atoms with van der Waals surface area (Å²) in [6.45, 7) is 5.53. The summed E-state index contributed by atoms with van der Waals surface area (Å²) >= 11 is 0. The first-order chi connectivity index (χ1) is 20.1. The van der Waals surface area contributed by atoms with Crippen molar-refractivity contribution in [3.05, 3.63) is 77.8 Å². The number of aryl methyl sites for hydroxylation is 1. The van der Waals surface area contributed by atoms with E-state index in [0.717, 1.165) is 6.42 Å². The molecule has 0 atom stereocenters. The normalized spacial score (nSPS) is 11.3. The Morgan fingerprint density at radius 2 is 1.55 bits per heavy atom. The molecule has 0 saturated carbocycles. The van der Waals surface area contributed by atoms with Crippen LogP contribution in [0.1, 0.15) is 63.4 Å². The van der Waals surface area contributed by atoms with E-state index in [1.165, 1.54) is 26.5 Å². The quantitative estimate of drug-likeness (QED) is 0.0961. The number of carbonyl (C=O) groups excluding carboxylic acids is 2. The SMILES string of the molecule is CO/C=C(/C(=O)OC)c1ccccc1Oc1cc(Oc2ccccc2C#N)nc(CCCCCC(=O)OC(C)(C)C)n1. The summed E-state index contributed by atoms with van der Waals surface area (Å²) in [5, 5.41) is 9.49. The maximum atomic E-state index is 12.4. The van der Waals surface area contributed by atoms with Crippen LogP contribution >= 0.6 is 0 Å². The summed E-state index contributed by atoms with van der Waals surface area (Å²) in [5.41, 5.74) is 0.432. The summed E-state index contributed by atoms with van der Waals surface area (Å²) < 4.78 is 27.5. The fraction of sp³-hybridized carbons (Fsp3) is 0.344. The third kappa shape index (κ3) is 9.63. The molecule has 0 amide bonds. The zero-order valence-corrected chi connectivity index (χ0v) is 24.5. The lowest BCUT2D eigenvalue weighted by Gasteiger charge is -2.19. The first-order valence-corrected chi connectivity index (χ1v) is 13.5. The predicted molar refractivity (Wildman–Crippen MR) is 155 cm³/mol. The summed E-state index contributed by atoms with van der Waals surface area (Å²) in [6.07, 6.45) is 4.23. The van der Waals surface area contributed by atoms with Gasteiger partial charge in [0.25, 0.3) is 0 Å². The van der Waals surface area contributed by atoms with E-state index < -0.39 is 11.6 Å². The second-order valence-electron chi connectivity index (χ2n) is 10.2. The minimum absolute atomic E-state index is 0.161. The molecular weight excluding hydrogens is 538 g/mol. The Kier molecular flexibility index (Phi) is 11.4. The maximum Gasteiger partial charge on any atom is 0.341 e. The number of ether oxygens (including phenoxy) is 5. The lowest BCUT2D eigenvalue weighted by atomic mass is 10.1. The number of para-hydroxylation sites is 2. The van der Waals surface area contributed by atoms with Crippen molar-refractivity contribution in [1.29, 1.82) is 5.26 Å². The number of carbonyl (C=O) groups is 2. The average Bonchev–Trinajstić information content (AvgIpc) is 2.95. The van der Waals surface area contributed by atoms with Gasteiger partial charge in [0.1, 0.15) is 34.6 Å². The molecule has 3 aromatic rings. The zero-order valence-electron chi connectivity index (χ0n) is 24.5. The molecule has 0 spiro atoms. The van der Waals surface area contributed by atoms with Gasteiger partial charge in [0.2, 0.25) is 11.8 Å². The van der Waals surface area contributed by atoms with E-state index in [1.807, 2.05) is 20.8 Å². The van der Waals surface area contributed by atoms with Gasteiger partial charge < -0.3 is 23.7 Å². The van der Waals surface area contributed by atoms with E-state index in [4.69, 9.17) is 23.7 Å². The molecule has 0 aliphatic heterocycles. The van der Waals surface area contributed by atoms with Crippen molar-refractivity contribution < 1.29 is 33.3 Å². The standard InChI is InChI=1S/C32H35N3O7/c1-32(2,3)42-30(36)18-8-6-7-17-27-34-28(40-25-15-11-9-13-22(25)20-33)19-29(35-27)41-26-16-12-10-14-23(26)24(21-38-4)31(37)39-5/h9-16,19,21H,6-8,17-18H2,1-5H3/b24-21+. The Balaban J connectivity index is 1.85. The van der Waals surface area contributed by atoms with Crippen molar-refractivity contribution in [2.45, 2.75) is 58.5 Å². The average molecular weight is 574 g/mol. The molecule has 0 saturated heterocycles. The van der Waals surface area contributed by atoms with E-state index in [9.17, 15) is 14.9 Å². The fourth-order valence-electron chi connectivity index (χ4n) is 3.89. The van der Waals surface area contributed by atoms with Gasteiger partial charge >= 0.3 is 11.9 Å². The van der Waals surface area contributed by atoms with E-state index >= 15 is 0 Å². The molecule has 0 radical (unpaired) electrons. The summed E-state index contributed by atoms with van der Waals surface area (Å²) in [7, 11) is 2.71. The zero-order chi connectivity index (χ0) is 30.5. The number of hydrogen-bond donors (Lipinski definition) is 0. The molecule has 42 heavy (non-hydrogen) atoms. The Labute approximate surface area is 245 Å². The van der Waals surface area contributed by atoms with Crippen LogP contribution < -0.4 is 9.47 Å². The van der Waals surface area contributed by atoms with Crippen LogP contribution in [0.3, 0.4) is 0 Å². The monoisotopic (exact) mass is 573 g/mol. The van der Waals surface area contributed by atoms with E-state index in [0.29, 0.717) is 54.1 Å². The van der Waals surface area contributed by atoms with Crippen molar-refractivity contribution in [3.8, 4) is 29.3 Å². The van der Waals surface area contributed by atoms with E-state index in [2.05, 4.69) is 16.0 Å². The Morgan fingerprint density at radius 1 is 0.905 bits per heavy atom. The van der Waals surface area contributed by atoms with Gasteiger partial charge in [-0.2, -0.15) is 15.2 Å². The second kappa shape index (κ2) is 15.2. The largest absolute Gasteiger partial charge is 0.503 e. The van der Waals surface area contributed by atoms with Crippen molar-refractivity contribution >= 4 is 17.5 Å². The molecule has 220 valence electrons. The molecule has 0 aliphatic carbocycles. The molecule has 1 aromatic heterocycles. The summed E-state index contributed by atoms with van der Waals surface area (Å²) in [5.74, 6) is 0.651. The van der Waals surface area contributed by atoms with Crippen molar-refractivity contribution in [2.24, 2.45) is 0 Å². The minimum atomic E-state index is -0.597. The number of aromatic nitrogens is 2. The highest BCUT2D eigenvalue weighted by atomic mass is 16.6. The van der Waals surface area contributed by atoms with Crippen molar-refractivity contribution in [3.63, 3.8) is 0 Å². The van der Waals surface area contributed by atoms with Gasteiger partial charge in [-0.25, -0.2) is 4.79 Å². The molecule has 10 nitrogen and oxygen atoms in total. The molecular formula is C32H35N3O7. The molecule has 3 rings (SSSR count). The van der Waals surface area contributed by atoms with Crippen LogP contribution in [0.4, 0.5) is 0 Å². The van der Waals surface area contributed by atoms with Gasteiger partial charge in [-0.15, -0.1) is 0 Å². The third-order valence-electron chi connectivity index (χ3n) is 5.68. The number of esters is 2. The van der Waals surface area contributed by atoms with Gasteiger partial charge in [-0.3, -0.25) is 4.79 Å². The van der Waals surface area contributed by atoms with Gasteiger partial charge in [0.05, 0.1) is 32.1 Å². The van der Waals surface area contributed by atoms with Crippen LogP contribution in [0, 0.1) is 11.3 Å². The van der Waals surface area contributed by atoms with Gasteiger partial charge in [0.15, 0.2) is 0 Å². The number of nitriles is 1. The van der Waals surface area contributed by atoms with Crippen LogP contribution in [0.25, 0.3) is 5.57 Å². The van der Waals surface area contributed by atoms with Crippen LogP contribution in [-0.4, -0.2) is 41.7 Å². The number of rotatable bonds is 13. The fourth-order valence-corrected chi connectivity index (χ4v) is 3.89. The molecule has 0 bridgehead atoms. The highest BCUT2D eigenvalue weighted by molar-refractivity contribution is 6.17. The lowest BCUT2D eigenvalue weighted by molar-refractivity contribution is -0.154. The number of unbranched alkanes of at least 4 members (excludes halogenated alkanes) is 2. The third-order valence-corrected chi connectivity index (χ3v) is 5.68. The molecule has 10 heteroatoms. The highest BCUT2D eigenvalue weighted by Crippen LogP contribution is 2.33. The predicted octanol–water partition coefficient (Wildman–Crippen LogP) is 6.54. The number of methoxy groups -OCH3 is 2. The molecule has 2 aromatic carbocycles. The smallest absolute Gasteiger partial charge is 0.341 e. The van der Waals surface area contributed by atoms with E-state index in [-0.39, 0.29) is 23.3 Å². The van der Waals surface area contributed by atoms with E-state index in [1.54, 1.807) is 48.5 Å². The highest BCUT2D eigenvalue weighted by Gasteiger charge is 2.20.